The maximum atomic E-state index is 12.8. The van der Waals surface area contributed by atoms with Crippen molar-refractivity contribution in [1.29, 1.82) is 0 Å². The van der Waals surface area contributed by atoms with Gasteiger partial charge < -0.3 is 14.2 Å². The van der Waals surface area contributed by atoms with Gasteiger partial charge in [0, 0.05) is 19.3 Å². The number of unbranched alkanes of at least 4 members (excludes halogenated alkanes) is 36. The van der Waals surface area contributed by atoms with Gasteiger partial charge in [0.1, 0.15) is 13.2 Å². The zero-order valence-electron chi connectivity index (χ0n) is 43.9. The molecule has 0 aromatic carbocycles. The second-order valence-electron chi connectivity index (χ2n) is 20.6. The Hall–Kier alpha value is -1.59. The second-order valence-corrected chi connectivity index (χ2v) is 20.6. The van der Waals surface area contributed by atoms with Crippen LogP contribution in [0.25, 0.3) is 0 Å². The quantitative estimate of drug-likeness (QED) is 0.0344. The lowest BCUT2D eigenvalue weighted by molar-refractivity contribution is -0.167. The summed E-state index contributed by atoms with van der Waals surface area (Å²) >= 11 is 0. The second kappa shape index (κ2) is 50.8. The third-order valence-electron chi connectivity index (χ3n) is 13.6. The Morgan fingerprint density at radius 2 is 0.594 bits per heavy atom. The summed E-state index contributed by atoms with van der Waals surface area (Å²) in [5.74, 6) is 0.906. The highest BCUT2D eigenvalue weighted by molar-refractivity contribution is 5.71. The summed E-state index contributed by atoms with van der Waals surface area (Å²) in [6.45, 7) is 11.4. The largest absolute Gasteiger partial charge is 0.462 e. The first-order chi connectivity index (χ1) is 31.3. The molecule has 0 amide bonds. The molecule has 1 unspecified atom stereocenters. The molecule has 2 atom stereocenters. The lowest BCUT2D eigenvalue weighted by atomic mass is 9.99. The molecule has 64 heavy (non-hydrogen) atoms. The highest BCUT2D eigenvalue weighted by Gasteiger charge is 2.19. The first kappa shape index (κ1) is 62.4. The molecule has 0 spiro atoms. The van der Waals surface area contributed by atoms with E-state index in [9.17, 15) is 14.4 Å². The van der Waals surface area contributed by atoms with Crippen LogP contribution in [0.1, 0.15) is 324 Å². The van der Waals surface area contributed by atoms with E-state index in [0.29, 0.717) is 19.3 Å². The maximum Gasteiger partial charge on any atom is 0.306 e. The van der Waals surface area contributed by atoms with Crippen LogP contribution < -0.4 is 0 Å². The molecule has 0 saturated heterocycles. The first-order valence-electron chi connectivity index (χ1n) is 28.8. The molecule has 0 aliphatic carbocycles. The summed E-state index contributed by atoms with van der Waals surface area (Å²) in [5, 5.41) is 0. The van der Waals surface area contributed by atoms with Crippen molar-refractivity contribution < 1.29 is 28.6 Å². The summed E-state index contributed by atoms with van der Waals surface area (Å²) in [6.07, 6.45) is 53.9. The number of hydrogen-bond donors (Lipinski definition) is 0. The molecule has 0 aliphatic rings. The average molecular weight is 906 g/mol. The molecule has 0 saturated carbocycles. The Morgan fingerprint density at radius 3 is 0.891 bits per heavy atom. The van der Waals surface area contributed by atoms with E-state index in [1.54, 1.807) is 0 Å². The van der Waals surface area contributed by atoms with Gasteiger partial charge in [0.15, 0.2) is 6.10 Å². The summed E-state index contributed by atoms with van der Waals surface area (Å²) in [6, 6.07) is 0. The standard InChI is InChI=1S/C58H112O6/c1-6-8-9-10-31-38-43-48-56(59)62-51-55(64-58(61)50-45-40-35-30-26-22-18-17-19-23-27-32-36-41-46-53(3)4)52-63-57(60)49-44-39-34-29-25-21-16-14-12-11-13-15-20-24-28-33-37-42-47-54(5)7-2/h53-55H,6-52H2,1-5H3/t54?,55-/m1/s1. The van der Waals surface area contributed by atoms with Crippen LogP contribution in [0, 0.1) is 11.8 Å². The number of hydrogen-bond acceptors (Lipinski definition) is 6. The van der Waals surface area contributed by atoms with E-state index in [0.717, 1.165) is 69.6 Å². The highest BCUT2D eigenvalue weighted by Crippen LogP contribution is 2.19. The summed E-state index contributed by atoms with van der Waals surface area (Å²) in [7, 11) is 0. The van der Waals surface area contributed by atoms with Crippen LogP contribution in [-0.4, -0.2) is 37.2 Å². The number of esters is 3. The SMILES string of the molecule is CCCCCCCCCC(=O)OC[C@H](COC(=O)CCCCCCCCCCCCCCCCCCCCC(C)CC)OC(=O)CCCCCCCCCCCCCCCCC(C)C. The molecular weight excluding hydrogens is 793 g/mol. The zero-order chi connectivity index (χ0) is 46.8. The van der Waals surface area contributed by atoms with Crippen LogP contribution >= 0.6 is 0 Å². The van der Waals surface area contributed by atoms with E-state index in [4.69, 9.17) is 14.2 Å². The molecule has 6 nitrogen and oxygen atoms in total. The fourth-order valence-corrected chi connectivity index (χ4v) is 8.84. The van der Waals surface area contributed by atoms with Gasteiger partial charge in [-0.25, -0.2) is 0 Å². The van der Waals surface area contributed by atoms with Crippen molar-refractivity contribution in [3.05, 3.63) is 0 Å². The number of carbonyl (C=O) groups is 3. The minimum atomic E-state index is -0.761. The molecule has 0 heterocycles. The monoisotopic (exact) mass is 905 g/mol. The predicted molar refractivity (Wildman–Crippen MR) is 275 cm³/mol. The molecule has 380 valence electrons. The van der Waals surface area contributed by atoms with Crippen LogP contribution in [0.3, 0.4) is 0 Å². The first-order valence-corrected chi connectivity index (χ1v) is 28.8. The van der Waals surface area contributed by atoms with Crippen molar-refractivity contribution in [3.63, 3.8) is 0 Å². The number of rotatable bonds is 52. The minimum absolute atomic E-state index is 0.0632. The fraction of sp³-hybridized carbons (Fsp3) is 0.948. The Bertz CT molecular complexity index is 980. The lowest BCUT2D eigenvalue weighted by Gasteiger charge is -2.18. The van der Waals surface area contributed by atoms with Gasteiger partial charge in [-0.05, 0) is 31.1 Å². The topological polar surface area (TPSA) is 78.9 Å². The van der Waals surface area contributed by atoms with E-state index < -0.39 is 6.10 Å². The molecule has 6 heteroatoms. The highest BCUT2D eigenvalue weighted by atomic mass is 16.6. The Labute approximate surface area is 399 Å². The van der Waals surface area contributed by atoms with Gasteiger partial charge in [-0.3, -0.25) is 14.4 Å². The van der Waals surface area contributed by atoms with Crippen LogP contribution in [0.4, 0.5) is 0 Å². The van der Waals surface area contributed by atoms with E-state index in [2.05, 4.69) is 34.6 Å². The van der Waals surface area contributed by atoms with Gasteiger partial charge in [-0.1, -0.05) is 285 Å². The van der Waals surface area contributed by atoms with Gasteiger partial charge in [-0.2, -0.15) is 0 Å². The van der Waals surface area contributed by atoms with Crippen molar-refractivity contribution >= 4 is 17.9 Å². The third-order valence-corrected chi connectivity index (χ3v) is 13.6. The summed E-state index contributed by atoms with van der Waals surface area (Å²) in [4.78, 5) is 37.9. The van der Waals surface area contributed by atoms with Crippen molar-refractivity contribution in [2.75, 3.05) is 13.2 Å². The van der Waals surface area contributed by atoms with Gasteiger partial charge in [0.2, 0.25) is 0 Å². The normalized spacial score (nSPS) is 12.5. The van der Waals surface area contributed by atoms with Gasteiger partial charge >= 0.3 is 17.9 Å². The molecule has 0 aliphatic heterocycles. The average Bonchev–Trinajstić information content (AvgIpc) is 3.28. The molecule has 0 bridgehead atoms. The van der Waals surface area contributed by atoms with Crippen molar-refractivity contribution in [3.8, 4) is 0 Å². The Balaban J connectivity index is 4.12. The molecule has 0 fully saturated rings. The van der Waals surface area contributed by atoms with Crippen LogP contribution in [0.15, 0.2) is 0 Å². The maximum absolute atomic E-state index is 12.8. The smallest absolute Gasteiger partial charge is 0.306 e. The van der Waals surface area contributed by atoms with Crippen molar-refractivity contribution in [1.82, 2.24) is 0 Å². The molecule has 0 radical (unpaired) electrons. The van der Waals surface area contributed by atoms with E-state index in [1.165, 1.54) is 212 Å². The summed E-state index contributed by atoms with van der Waals surface area (Å²) < 4.78 is 16.8. The lowest BCUT2D eigenvalue weighted by Crippen LogP contribution is -2.30. The Kier molecular flexibility index (Phi) is 49.6. The van der Waals surface area contributed by atoms with Gasteiger partial charge in [0.25, 0.3) is 0 Å². The molecular formula is C58H112O6. The van der Waals surface area contributed by atoms with Crippen molar-refractivity contribution in [2.45, 2.75) is 330 Å². The number of carbonyl (C=O) groups excluding carboxylic acids is 3. The van der Waals surface area contributed by atoms with Crippen LogP contribution in [-0.2, 0) is 28.6 Å². The summed E-state index contributed by atoms with van der Waals surface area (Å²) in [5.41, 5.74) is 0. The molecule has 0 aromatic rings. The van der Waals surface area contributed by atoms with Crippen molar-refractivity contribution in [2.24, 2.45) is 11.8 Å². The van der Waals surface area contributed by atoms with E-state index >= 15 is 0 Å². The predicted octanol–water partition coefficient (Wildman–Crippen LogP) is 18.9. The Morgan fingerprint density at radius 1 is 0.328 bits per heavy atom. The fourth-order valence-electron chi connectivity index (χ4n) is 8.84. The van der Waals surface area contributed by atoms with Gasteiger partial charge in [-0.15, -0.1) is 0 Å². The molecule has 0 N–H and O–H groups in total. The minimum Gasteiger partial charge on any atom is -0.462 e. The zero-order valence-corrected chi connectivity index (χ0v) is 43.9. The van der Waals surface area contributed by atoms with Crippen LogP contribution in [0.5, 0.6) is 0 Å². The van der Waals surface area contributed by atoms with Crippen LogP contribution in [0.2, 0.25) is 0 Å². The molecule has 0 rings (SSSR count). The van der Waals surface area contributed by atoms with E-state index in [-0.39, 0.29) is 31.1 Å². The third kappa shape index (κ3) is 49.8. The molecule has 0 aromatic heterocycles. The number of ether oxygens (including phenoxy) is 3. The van der Waals surface area contributed by atoms with Gasteiger partial charge in [0.05, 0.1) is 0 Å². The van der Waals surface area contributed by atoms with E-state index in [1.807, 2.05) is 0 Å².